The zero-order valence-corrected chi connectivity index (χ0v) is 12.8. The van der Waals surface area contributed by atoms with E-state index in [2.05, 4.69) is 10.2 Å². The number of hydrogen-bond acceptors (Lipinski definition) is 6. The van der Waals surface area contributed by atoms with Gasteiger partial charge in [-0.05, 0) is 12.1 Å². The molecule has 0 bridgehead atoms. The molecule has 1 saturated heterocycles. The summed E-state index contributed by atoms with van der Waals surface area (Å²) < 4.78 is 26.7. The van der Waals surface area contributed by atoms with Crippen LogP contribution in [0.3, 0.4) is 0 Å². The monoisotopic (exact) mass is 325 g/mol. The van der Waals surface area contributed by atoms with Gasteiger partial charge in [0.05, 0.1) is 19.0 Å². The first-order chi connectivity index (χ1) is 10.6. The molecule has 1 N–H and O–H groups in total. The van der Waals surface area contributed by atoms with Crippen molar-refractivity contribution < 1.29 is 19.0 Å². The van der Waals surface area contributed by atoms with E-state index < -0.39 is 11.9 Å². The lowest BCUT2D eigenvalue weighted by Gasteiger charge is -2.28. The Morgan fingerprint density at radius 2 is 2.23 bits per heavy atom. The van der Waals surface area contributed by atoms with Crippen molar-refractivity contribution in [1.29, 1.82) is 0 Å². The predicted molar refractivity (Wildman–Crippen MR) is 77.7 cm³/mol. The number of benzene rings is 1. The summed E-state index contributed by atoms with van der Waals surface area (Å²) in [7, 11) is 1.85. The van der Waals surface area contributed by atoms with Gasteiger partial charge in [0.25, 0.3) is 0 Å². The van der Waals surface area contributed by atoms with Crippen LogP contribution in [0.1, 0.15) is 5.56 Å². The Hall–Kier alpha value is -1.48. The smallest absolute Gasteiger partial charge is 0.205 e. The minimum absolute atomic E-state index is 0.127. The van der Waals surface area contributed by atoms with E-state index in [0.717, 1.165) is 5.16 Å². The van der Waals surface area contributed by atoms with Gasteiger partial charge in [0.2, 0.25) is 5.79 Å². The Labute approximate surface area is 131 Å². The van der Waals surface area contributed by atoms with E-state index in [1.165, 1.54) is 23.9 Å². The fourth-order valence-corrected chi connectivity index (χ4v) is 3.22. The van der Waals surface area contributed by atoms with E-state index in [0.29, 0.717) is 11.3 Å². The van der Waals surface area contributed by atoms with E-state index in [1.54, 1.807) is 23.0 Å². The molecule has 2 unspecified atom stereocenters. The van der Waals surface area contributed by atoms with E-state index in [-0.39, 0.29) is 19.0 Å². The van der Waals surface area contributed by atoms with E-state index >= 15 is 0 Å². The van der Waals surface area contributed by atoms with E-state index in [1.807, 2.05) is 7.05 Å². The highest BCUT2D eigenvalue weighted by molar-refractivity contribution is 7.99. The molecular weight excluding hydrogens is 309 g/mol. The zero-order chi connectivity index (χ0) is 15.6. The maximum Gasteiger partial charge on any atom is 0.205 e. The third kappa shape index (κ3) is 3.00. The lowest BCUT2D eigenvalue weighted by molar-refractivity contribution is -0.161. The van der Waals surface area contributed by atoms with Crippen LogP contribution in [0.25, 0.3) is 0 Å². The van der Waals surface area contributed by atoms with Crippen LogP contribution in [0, 0.1) is 5.82 Å². The number of rotatable bonds is 5. The SMILES string of the molecule is Cn1cnnc1SCC1(c2ccc(F)cc2)OCC(CO)O1. The summed E-state index contributed by atoms with van der Waals surface area (Å²) in [6.45, 7) is 0.158. The minimum atomic E-state index is -1.03. The average Bonchev–Trinajstić information content (AvgIpc) is 3.13. The molecule has 1 aromatic heterocycles. The van der Waals surface area contributed by atoms with Crippen LogP contribution < -0.4 is 0 Å². The van der Waals surface area contributed by atoms with Gasteiger partial charge in [-0.1, -0.05) is 23.9 Å². The minimum Gasteiger partial charge on any atom is -0.394 e. The highest BCUT2D eigenvalue weighted by Crippen LogP contribution is 2.38. The van der Waals surface area contributed by atoms with Crippen LogP contribution in [-0.2, 0) is 22.3 Å². The standard InChI is InChI=1S/C14H16FN3O3S/c1-18-9-16-17-13(18)22-8-14(20-7-12(6-19)21-14)10-2-4-11(15)5-3-10/h2-5,9,12,19H,6-8H2,1H3. The fourth-order valence-electron chi connectivity index (χ4n) is 2.23. The highest BCUT2D eigenvalue weighted by Gasteiger charge is 2.43. The molecule has 0 amide bonds. The number of ether oxygens (including phenoxy) is 2. The van der Waals surface area contributed by atoms with Crippen LogP contribution in [0.15, 0.2) is 35.7 Å². The molecule has 118 valence electrons. The Bertz CT molecular complexity index is 637. The predicted octanol–water partition coefficient (Wildman–Crippen LogP) is 1.31. The van der Waals surface area contributed by atoms with Crippen LogP contribution in [-0.4, -0.2) is 44.9 Å². The van der Waals surface area contributed by atoms with Crippen molar-refractivity contribution in [3.8, 4) is 0 Å². The van der Waals surface area contributed by atoms with Crippen molar-refractivity contribution in [3.05, 3.63) is 42.0 Å². The molecule has 0 aliphatic carbocycles. The van der Waals surface area contributed by atoms with E-state index in [9.17, 15) is 9.50 Å². The zero-order valence-electron chi connectivity index (χ0n) is 12.0. The van der Waals surface area contributed by atoms with Crippen molar-refractivity contribution in [3.63, 3.8) is 0 Å². The van der Waals surface area contributed by atoms with E-state index in [4.69, 9.17) is 9.47 Å². The van der Waals surface area contributed by atoms with Gasteiger partial charge in [-0.15, -0.1) is 10.2 Å². The molecule has 1 aromatic carbocycles. The number of thioether (sulfide) groups is 1. The second-order valence-corrected chi connectivity index (χ2v) is 5.95. The molecule has 1 fully saturated rings. The molecular formula is C14H16FN3O3S. The van der Waals surface area contributed by atoms with Crippen molar-refractivity contribution >= 4 is 11.8 Å². The Morgan fingerprint density at radius 1 is 1.45 bits per heavy atom. The number of aryl methyl sites for hydroxylation is 1. The second kappa shape index (κ2) is 6.33. The van der Waals surface area contributed by atoms with Gasteiger partial charge in [0.1, 0.15) is 18.2 Å². The molecule has 1 aliphatic heterocycles. The van der Waals surface area contributed by atoms with Crippen molar-refractivity contribution in [2.75, 3.05) is 19.0 Å². The average molecular weight is 325 g/mol. The molecule has 2 atom stereocenters. The lowest BCUT2D eigenvalue weighted by Crippen LogP contribution is -2.32. The lowest BCUT2D eigenvalue weighted by atomic mass is 10.1. The van der Waals surface area contributed by atoms with Crippen LogP contribution >= 0.6 is 11.8 Å². The van der Waals surface area contributed by atoms with Crippen molar-refractivity contribution in [1.82, 2.24) is 14.8 Å². The number of nitrogens with zero attached hydrogens (tertiary/aromatic N) is 3. The van der Waals surface area contributed by atoms with Gasteiger partial charge in [-0.25, -0.2) is 4.39 Å². The largest absolute Gasteiger partial charge is 0.394 e. The van der Waals surface area contributed by atoms with Crippen LogP contribution in [0.4, 0.5) is 4.39 Å². The van der Waals surface area contributed by atoms with Crippen LogP contribution in [0.2, 0.25) is 0 Å². The number of aliphatic hydroxyl groups excluding tert-OH is 1. The summed E-state index contributed by atoms with van der Waals surface area (Å²) in [6, 6.07) is 5.99. The molecule has 22 heavy (non-hydrogen) atoms. The van der Waals surface area contributed by atoms with Gasteiger partial charge in [0.15, 0.2) is 5.16 Å². The molecule has 2 heterocycles. The van der Waals surface area contributed by atoms with Crippen LogP contribution in [0.5, 0.6) is 0 Å². The number of aromatic nitrogens is 3. The third-order valence-electron chi connectivity index (χ3n) is 3.41. The third-order valence-corrected chi connectivity index (χ3v) is 4.56. The normalized spacial score (nSPS) is 24.8. The molecule has 0 saturated carbocycles. The first kappa shape index (κ1) is 15.4. The first-order valence-electron chi connectivity index (χ1n) is 6.78. The molecule has 3 rings (SSSR count). The highest BCUT2D eigenvalue weighted by atomic mass is 32.2. The number of halogens is 1. The number of hydrogen-bond donors (Lipinski definition) is 1. The second-order valence-electron chi connectivity index (χ2n) is 5.01. The van der Waals surface area contributed by atoms with Crippen molar-refractivity contribution in [2.24, 2.45) is 7.05 Å². The molecule has 2 aromatic rings. The summed E-state index contributed by atoms with van der Waals surface area (Å²) in [4.78, 5) is 0. The molecule has 0 radical (unpaired) electrons. The summed E-state index contributed by atoms with van der Waals surface area (Å²) in [5.41, 5.74) is 0.708. The Kier molecular flexibility index (Phi) is 4.44. The molecule has 6 nitrogen and oxygen atoms in total. The first-order valence-corrected chi connectivity index (χ1v) is 7.77. The molecule has 0 spiro atoms. The Morgan fingerprint density at radius 3 is 2.82 bits per heavy atom. The summed E-state index contributed by atoms with van der Waals surface area (Å²) >= 11 is 1.43. The quantitative estimate of drug-likeness (QED) is 0.836. The molecule has 1 aliphatic rings. The van der Waals surface area contributed by atoms with Gasteiger partial charge in [0, 0.05) is 12.6 Å². The van der Waals surface area contributed by atoms with Crippen molar-refractivity contribution in [2.45, 2.75) is 17.0 Å². The van der Waals surface area contributed by atoms with Gasteiger partial charge >= 0.3 is 0 Å². The summed E-state index contributed by atoms with van der Waals surface area (Å²) in [5, 5.41) is 17.8. The summed E-state index contributed by atoms with van der Waals surface area (Å²) in [6.07, 6.45) is 1.21. The maximum atomic E-state index is 13.2. The van der Waals surface area contributed by atoms with Gasteiger partial charge < -0.3 is 19.1 Å². The number of aliphatic hydroxyl groups is 1. The fraction of sp³-hybridized carbons (Fsp3) is 0.429. The summed E-state index contributed by atoms with van der Waals surface area (Å²) in [5.74, 6) is -0.934. The topological polar surface area (TPSA) is 69.4 Å². The van der Waals surface area contributed by atoms with Gasteiger partial charge in [-0.2, -0.15) is 0 Å². The van der Waals surface area contributed by atoms with Gasteiger partial charge in [-0.3, -0.25) is 0 Å². The molecule has 8 heteroatoms. The maximum absolute atomic E-state index is 13.2. The Balaban J connectivity index is 1.84.